The molecule has 0 aliphatic rings. The molecule has 0 radical (unpaired) electrons. The lowest BCUT2D eigenvalue weighted by Gasteiger charge is -2.19. The number of hydrogen-bond donors (Lipinski definition) is 1. The summed E-state index contributed by atoms with van der Waals surface area (Å²) in [6, 6.07) is 5.01. The molecule has 1 aromatic rings. The molecule has 6 nitrogen and oxygen atoms in total. The normalized spacial score (nSPS) is 10.6. The van der Waals surface area contributed by atoms with Crippen molar-refractivity contribution in [2.45, 2.75) is 20.4 Å². The Kier molecular flexibility index (Phi) is 6.60. The first kappa shape index (κ1) is 16.6. The van der Waals surface area contributed by atoms with Crippen LogP contribution in [0.2, 0.25) is 0 Å². The summed E-state index contributed by atoms with van der Waals surface area (Å²) in [7, 11) is 0. The van der Waals surface area contributed by atoms with Crippen molar-refractivity contribution in [2.75, 3.05) is 19.6 Å². The number of amides is 1. The van der Waals surface area contributed by atoms with Crippen LogP contribution in [0.5, 0.6) is 0 Å². The zero-order valence-corrected chi connectivity index (χ0v) is 13.1. The molecule has 0 fully saturated rings. The van der Waals surface area contributed by atoms with Gasteiger partial charge in [0.2, 0.25) is 5.91 Å². The summed E-state index contributed by atoms with van der Waals surface area (Å²) in [6.07, 6.45) is 0. The third kappa shape index (κ3) is 4.90. The van der Waals surface area contributed by atoms with Gasteiger partial charge in [0.15, 0.2) is 0 Å². The number of likely N-dealkylation sites (N-methyl/N-ethyl adjacent to an activating group) is 2. The number of halogens is 1. The van der Waals surface area contributed by atoms with Crippen molar-refractivity contribution < 1.29 is 9.72 Å². The van der Waals surface area contributed by atoms with Crippen LogP contribution in [0.1, 0.15) is 19.4 Å². The first-order valence-electron chi connectivity index (χ1n) is 6.39. The molecule has 0 aliphatic carbocycles. The van der Waals surface area contributed by atoms with E-state index in [0.29, 0.717) is 24.1 Å². The lowest BCUT2D eigenvalue weighted by molar-refractivity contribution is -0.385. The van der Waals surface area contributed by atoms with Crippen LogP contribution in [0.15, 0.2) is 22.7 Å². The monoisotopic (exact) mass is 343 g/mol. The number of nitrogens with zero attached hydrogens (tertiary/aromatic N) is 2. The molecule has 1 amide bonds. The molecule has 0 unspecified atom stereocenters. The highest BCUT2D eigenvalue weighted by Crippen LogP contribution is 2.26. The third-order valence-electron chi connectivity index (χ3n) is 2.80. The first-order chi connectivity index (χ1) is 9.47. The molecular weight excluding hydrogens is 326 g/mol. The number of rotatable bonds is 7. The highest BCUT2D eigenvalue weighted by atomic mass is 79.9. The first-order valence-corrected chi connectivity index (χ1v) is 7.19. The van der Waals surface area contributed by atoms with Crippen LogP contribution in [-0.2, 0) is 11.3 Å². The molecule has 0 aliphatic heterocycles. The molecule has 0 aromatic heterocycles. The van der Waals surface area contributed by atoms with Crippen LogP contribution in [-0.4, -0.2) is 35.4 Å². The van der Waals surface area contributed by atoms with Crippen molar-refractivity contribution in [3.8, 4) is 0 Å². The molecule has 110 valence electrons. The number of benzene rings is 1. The minimum absolute atomic E-state index is 0.0385. The van der Waals surface area contributed by atoms with E-state index in [2.05, 4.69) is 21.2 Å². The minimum Gasteiger partial charge on any atom is -0.355 e. The summed E-state index contributed by atoms with van der Waals surface area (Å²) in [5, 5.41) is 13.6. The Morgan fingerprint density at radius 2 is 2.15 bits per heavy atom. The number of hydrogen-bond acceptors (Lipinski definition) is 4. The van der Waals surface area contributed by atoms with Gasteiger partial charge in [-0.05, 0) is 41.0 Å². The average Bonchev–Trinajstić information content (AvgIpc) is 2.40. The summed E-state index contributed by atoms with van der Waals surface area (Å²) in [5.41, 5.74) is 0.850. The van der Waals surface area contributed by atoms with Crippen LogP contribution in [0.3, 0.4) is 0 Å². The Morgan fingerprint density at radius 1 is 1.45 bits per heavy atom. The fourth-order valence-electron chi connectivity index (χ4n) is 1.79. The summed E-state index contributed by atoms with van der Waals surface area (Å²) in [4.78, 5) is 24.0. The molecule has 0 bridgehead atoms. The highest BCUT2D eigenvalue weighted by Gasteiger charge is 2.14. The van der Waals surface area contributed by atoms with E-state index in [0.717, 1.165) is 5.56 Å². The quantitative estimate of drug-likeness (QED) is 0.608. The van der Waals surface area contributed by atoms with Gasteiger partial charge < -0.3 is 5.32 Å². The zero-order valence-electron chi connectivity index (χ0n) is 11.6. The molecule has 0 saturated carbocycles. The van der Waals surface area contributed by atoms with E-state index in [1.165, 1.54) is 6.07 Å². The lowest BCUT2D eigenvalue weighted by Crippen LogP contribution is -2.36. The van der Waals surface area contributed by atoms with E-state index < -0.39 is 4.92 Å². The molecule has 0 atom stereocenters. The Labute approximate surface area is 126 Å². The zero-order chi connectivity index (χ0) is 15.1. The van der Waals surface area contributed by atoms with Gasteiger partial charge in [0.25, 0.3) is 5.69 Å². The Balaban J connectivity index is 2.77. The second-order valence-electron chi connectivity index (χ2n) is 4.30. The van der Waals surface area contributed by atoms with E-state index in [-0.39, 0.29) is 18.1 Å². The molecular formula is C13H18BrN3O3. The van der Waals surface area contributed by atoms with Gasteiger partial charge in [-0.15, -0.1) is 0 Å². The molecule has 20 heavy (non-hydrogen) atoms. The minimum atomic E-state index is -0.423. The largest absolute Gasteiger partial charge is 0.355 e. The van der Waals surface area contributed by atoms with E-state index in [9.17, 15) is 14.9 Å². The standard InChI is InChI=1S/C13H18BrN3O3/c1-3-15-13(18)9-16(4-2)8-10-5-6-11(14)12(7-10)17(19)20/h5-7H,3-4,8-9H2,1-2H3,(H,15,18). The van der Waals surface area contributed by atoms with Crippen molar-refractivity contribution in [1.82, 2.24) is 10.2 Å². The van der Waals surface area contributed by atoms with Crippen LogP contribution >= 0.6 is 15.9 Å². The van der Waals surface area contributed by atoms with E-state index in [4.69, 9.17) is 0 Å². The van der Waals surface area contributed by atoms with E-state index >= 15 is 0 Å². The van der Waals surface area contributed by atoms with Crippen molar-refractivity contribution in [2.24, 2.45) is 0 Å². The van der Waals surface area contributed by atoms with Gasteiger partial charge in [-0.25, -0.2) is 0 Å². The summed E-state index contributed by atoms with van der Waals surface area (Å²) >= 11 is 3.16. The van der Waals surface area contributed by atoms with Gasteiger partial charge in [-0.1, -0.05) is 13.0 Å². The second-order valence-corrected chi connectivity index (χ2v) is 5.15. The number of nitro groups is 1. The number of carbonyl (C=O) groups is 1. The molecule has 0 saturated heterocycles. The molecule has 0 heterocycles. The van der Waals surface area contributed by atoms with Gasteiger partial charge in [-0.3, -0.25) is 19.8 Å². The van der Waals surface area contributed by atoms with Crippen molar-refractivity contribution in [1.29, 1.82) is 0 Å². The van der Waals surface area contributed by atoms with E-state index in [1.54, 1.807) is 6.07 Å². The maximum absolute atomic E-state index is 11.6. The number of carbonyl (C=O) groups excluding carboxylic acids is 1. The van der Waals surface area contributed by atoms with Crippen LogP contribution in [0.25, 0.3) is 0 Å². The van der Waals surface area contributed by atoms with Gasteiger partial charge in [0, 0.05) is 19.2 Å². The van der Waals surface area contributed by atoms with Gasteiger partial charge in [0.05, 0.1) is 15.9 Å². The van der Waals surface area contributed by atoms with Gasteiger partial charge in [-0.2, -0.15) is 0 Å². The van der Waals surface area contributed by atoms with Crippen LogP contribution in [0.4, 0.5) is 5.69 Å². The fraction of sp³-hybridized carbons (Fsp3) is 0.462. The Bertz CT molecular complexity index is 494. The molecule has 1 aromatic carbocycles. The molecule has 0 spiro atoms. The Hall–Kier alpha value is -1.47. The summed E-state index contributed by atoms with van der Waals surface area (Å²) < 4.78 is 0.457. The van der Waals surface area contributed by atoms with Gasteiger partial charge in [0.1, 0.15) is 0 Å². The van der Waals surface area contributed by atoms with Crippen molar-refractivity contribution in [3.63, 3.8) is 0 Å². The van der Waals surface area contributed by atoms with Crippen LogP contribution in [0, 0.1) is 10.1 Å². The van der Waals surface area contributed by atoms with Crippen LogP contribution < -0.4 is 5.32 Å². The summed E-state index contributed by atoms with van der Waals surface area (Å²) in [6.45, 7) is 5.90. The topological polar surface area (TPSA) is 75.5 Å². The van der Waals surface area contributed by atoms with Crippen molar-refractivity contribution >= 4 is 27.5 Å². The molecule has 7 heteroatoms. The lowest BCUT2D eigenvalue weighted by atomic mass is 10.2. The second kappa shape index (κ2) is 7.96. The maximum Gasteiger partial charge on any atom is 0.283 e. The summed E-state index contributed by atoms with van der Waals surface area (Å²) in [5.74, 6) is -0.0408. The number of nitro benzene ring substituents is 1. The average molecular weight is 344 g/mol. The van der Waals surface area contributed by atoms with E-state index in [1.807, 2.05) is 24.8 Å². The highest BCUT2D eigenvalue weighted by molar-refractivity contribution is 9.10. The molecule has 1 N–H and O–H groups in total. The maximum atomic E-state index is 11.6. The smallest absolute Gasteiger partial charge is 0.283 e. The fourth-order valence-corrected chi connectivity index (χ4v) is 2.18. The Morgan fingerprint density at radius 3 is 2.70 bits per heavy atom. The predicted octanol–water partition coefficient (Wildman–Crippen LogP) is 2.32. The predicted molar refractivity (Wildman–Crippen MR) is 80.4 cm³/mol. The van der Waals surface area contributed by atoms with Crippen molar-refractivity contribution in [3.05, 3.63) is 38.3 Å². The van der Waals surface area contributed by atoms with Gasteiger partial charge >= 0.3 is 0 Å². The third-order valence-corrected chi connectivity index (χ3v) is 3.47. The SMILES string of the molecule is CCNC(=O)CN(CC)Cc1ccc(Br)c([N+](=O)[O-])c1. The number of nitrogens with one attached hydrogen (secondary N) is 1. The molecule has 1 rings (SSSR count).